The Kier molecular flexibility index (Phi) is 2.11. The molecule has 3 aromatic rings. The summed E-state index contributed by atoms with van der Waals surface area (Å²) < 4.78 is 1.08. The third-order valence-corrected chi connectivity index (χ3v) is 3.54. The largest absolute Gasteiger partial charge is 0.508 e. The Morgan fingerprint density at radius 2 is 2.00 bits per heavy atom. The summed E-state index contributed by atoms with van der Waals surface area (Å²) in [6, 6.07) is 13.4. The predicted molar refractivity (Wildman–Crippen MR) is 66.7 cm³/mol. The summed E-state index contributed by atoms with van der Waals surface area (Å²) in [5.74, 6) is 0.307. The molecule has 2 heterocycles. The maximum atomic E-state index is 9.40. The Labute approximate surface area is 96.8 Å². The summed E-state index contributed by atoms with van der Waals surface area (Å²) in [7, 11) is 0. The van der Waals surface area contributed by atoms with Crippen LogP contribution in [0.1, 0.15) is 0 Å². The summed E-state index contributed by atoms with van der Waals surface area (Å²) >= 11 is 1.64. The highest BCUT2D eigenvalue weighted by Gasteiger charge is 2.05. The fourth-order valence-electron chi connectivity index (χ4n) is 1.65. The number of hydrogen-bond acceptors (Lipinski definition) is 3. The lowest BCUT2D eigenvalue weighted by Gasteiger charge is -1.92. The van der Waals surface area contributed by atoms with E-state index < -0.39 is 0 Å². The maximum absolute atomic E-state index is 9.40. The monoisotopic (exact) mass is 227 g/mol. The van der Waals surface area contributed by atoms with Gasteiger partial charge in [-0.15, -0.1) is 11.3 Å². The fourth-order valence-corrected chi connectivity index (χ4v) is 2.73. The number of hydrogen-bond donors (Lipinski definition) is 1. The number of pyridine rings is 1. The lowest BCUT2D eigenvalue weighted by Crippen LogP contribution is -1.75. The number of thiophene rings is 1. The minimum Gasteiger partial charge on any atom is -0.508 e. The van der Waals surface area contributed by atoms with Crippen LogP contribution in [0.25, 0.3) is 20.7 Å². The van der Waals surface area contributed by atoms with Crippen LogP contribution >= 0.6 is 11.3 Å². The molecule has 2 nitrogen and oxygen atoms in total. The van der Waals surface area contributed by atoms with Gasteiger partial charge in [-0.25, -0.2) is 0 Å². The number of nitrogens with zero attached hydrogens (tertiary/aromatic N) is 1. The van der Waals surface area contributed by atoms with Crippen molar-refractivity contribution in [2.45, 2.75) is 0 Å². The van der Waals surface area contributed by atoms with Crippen LogP contribution in [0, 0.1) is 0 Å². The first kappa shape index (κ1) is 9.36. The highest BCUT2D eigenvalue weighted by Crippen LogP contribution is 2.33. The molecule has 3 rings (SSSR count). The van der Waals surface area contributed by atoms with Crippen molar-refractivity contribution in [3.63, 3.8) is 0 Å². The third-order valence-electron chi connectivity index (χ3n) is 2.42. The van der Waals surface area contributed by atoms with E-state index in [0.29, 0.717) is 5.75 Å². The summed E-state index contributed by atoms with van der Waals surface area (Å²) in [6.45, 7) is 0. The van der Waals surface area contributed by atoms with Crippen LogP contribution in [-0.4, -0.2) is 10.1 Å². The van der Waals surface area contributed by atoms with Crippen molar-refractivity contribution >= 4 is 21.4 Å². The zero-order valence-corrected chi connectivity index (χ0v) is 9.24. The highest BCUT2D eigenvalue weighted by molar-refractivity contribution is 7.22. The SMILES string of the molecule is Oc1ccc2cc(-c3ccccn3)sc2c1. The van der Waals surface area contributed by atoms with Gasteiger partial charge in [-0.2, -0.15) is 0 Å². The number of rotatable bonds is 1. The summed E-state index contributed by atoms with van der Waals surface area (Å²) in [4.78, 5) is 5.44. The van der Waals surface area contributed by atoms with Crippen LogP contribution < -0.4 is 0 Å². The zero-order valence-electron chi connectivity index (χ0n) is 8.42. The van der Waals surface area contributed by atoms with Crippen molar-refractivity contribution in [2.75, 3.05) is 0 Å². The smallest absolute Gasteiger partial charge is 0.117 e. The van der Waals surface area contributed by atoms with Crippen molar-refractivity contribution in [1.29, 1.82) is 0 Å². The molecule has 1 aromatic carbocycles. The first-order valence-electron chi connectivity index (χ1n) is 4.97. The molecule has 78 valence electrons. The Hall–Kier alpha value is -1.87. The lowest BCUT2D eigenvalue weighted by atomic mass is 10.2. The Bertz CT molecular complexity index is 631. The molecule has 0 aliphatic carbocycles. The number of phenolic OH excluding ortho intramolecular Hbond substituents is 1. The molecule has 3 heteroatoms. The second-order valence-corrected chi connectivity index (χ2v) is 4.63. The second kappa shape index (κ2) is 3.61. The van der Waals surface area contributed by atoms with E-state index in [-0.39, 0.29) is 0 Å². The molecule has 0 radical (unpaired) electrons. The van der Waals surface area contributed by atoms with Crippen LogP contribution in [-0.2, 0) is 0 Å². The maximum Gasteiger partial charge on any atom is 0.117 e. The van der Waals surface area contributed by atoms with Crippen molar-refractivity contribution in [3.8, 4) is 16.3 Å². The van der Waals surface area contributed by atoms with E-state index in [1.807, 2.05) is 24.3 Å². The first-order valence-corrected chi connectivity index (χ1v) is 5.78. The van der Waals surface area contributed by atoms with E-state index in [1.165, 1.54) is 0 Å². The normalized spacial score (nSPS) is 10.8. The van der Waals surface area contributed by atoms with E-state index in [0.717, 1.165) is 20.7 Å². The molecule has 0 atom stereocenters. The van der Waals surface area contributed by atoms with Gasteiger partial charge >= 0.3 is 0 Å². The molecule has 0 aliphatic heterocycles. The second-order valence-electron chi connectivity index (χ2n) is 3.55. The molecule has 0 amide bonds. The number of aromatic nitrogens is 1. The molecule has 0 fully saturated rings. The van der Waals surface area contributed by atoms with Crippen LogP contribution in [0.15, 0.2) is 48.7 Å². The van der Waals surface area contributed by atoms with Gasteiger partial charge < -0.3 is 5.11 Å². The Morgan fingerprint density at radius 1 is 1.06 bits per heavy atom. The van der Waals surface area contributed by atoms with Gasteiger partial charge in [0.05, 0.1) is 10.6 Å². The van der Waals surface area contributed by atoms with Gasteiger partial charge in [-0.3, -0.25) is 4.98 Å². The minimum atomic E-state index is 0.307. The highest BCUT2D eigenvalue weighted by atomic mass is 32.1. The van der Waals surface area contributed by atoms with E-state index >= 15 is 0 Å². The topological polar surface area (TPSA) is 33.1 Å². The molecule has 0 saturated heterocycles. The fraction of sp³-hybridized carbons (Fsp3) is 0. The molecular weight excluding hydrogens is 218 g/mol. The third kappa shape index (κ3) is 1.55. The molecule has 0 aliphatic rings. The zero-order chi connectivity index (χ0) is 11.0. The summed E-state index contributed by atoms with van der Waals surface area (Å²) in [6.07, 6.45) is 1.79. The number of phenols is 1. The molecule has 0 spiro atoms. The quantitative estimate of drug-likeness (QED) is 0.688. The van der Waals surface area contributed by atoms with E-state index in [2.05, 4.69) is 11.1 Å². The van der Waals surface area contributed by atoms with Crippen molar-refractivity contribution in [2.24, 2.45) is 0 Å². The van der Waals surface area contributed by atoms with Crippen LogP contribution in [0.4, 0.5) is 0 Å². The molecule has 1 N–H and O–H groups in total. The first-order chi connectivity index (χ1) is 7.83. The summed E-state index contributed by atoms with van der Waals surface area (Å²) in [5.41, 5.74) is 0.975. The number of aromatic hydroxyl groups is 1. The van der Waals surface area contributed by atoms with Crippen LogP contribution in [0.2, 0.25) is 0 Å². The van der Waals surface area contributed by atoms with Gasteiger partial charge in [0.25, 0.3) is 0 Å². The van der Waals surface area contributed by atoms with Gasteiger partial charge in [-0.05, 0) is 41.8 Å². The van der Waals surface area contributed by atoms with Gasteiger partial charge in [0.15, 0.2) is 0 Å². The van der Waals surface area contributed by atoms with E-state index in [9.17, 15) is 5.11 Å². The van der Waals surface area contributed by atoms with Gasteiger partial charge in [0, 0.05) is 10.9 Å². The molecule has 0 unspecified atom stereocenters. The van der Waals surface area contributed by atoms with E-state index in [1.54, 1.807) is 29.7 Å². The predicted octanol–water partition coefficient (Wildman–Crippen LogP) is 3.67. The Balaban J connectivity index is 2.19. The van der Waals surface area contributed by atoms with Crippen molar-refractivity contribution in [1.82, 2.24) is 4.98 Å². The lowest BCUT2D eigenvalue weighted by molar-refractivity contribution is 0.476. The molecule has 0 bridgehead atoms. The molecule has 2 aromatic heterocycles. The van der Waals surface area contributed by atoms with E-state index in [4.69, 9.17) is 0 Å². The van der Waals surface area contributed by atoms with Gasteiger partial charge in [-0.1, -0.05) is 6.07 Å². The molecular formula is C13H9NOS. The average Bonchev–Trinajstić information content (AvgIpc) is 2.73. The number of fused-ring (bicyclic) bond motifs is 1. The molecule has 0 saturated carbocycles. The standard InChI is InChI=1S/C13H9NOS/c15-10-5-4-9-7-13(16-12(9)8-10)11-3-1-2-6-14-11/h1-8,15H. The van der Waals surface area contributed by atoms with Gasteiger partial charge in [0.1, 0.15) is 5.75 Å². The van der Waals surface area contributed by atoms with Crippen molar-refractivity contribution in [3.05, 3.63) is 48.7 Å². The summed E-state index contributed by atoms with van der Waals surface area (Å²) in [5, 5.41) is 10.5. The van der Waals surface area contributed by atoms with Crippen LogP contribution in [0.5, 0.6) is 5.75 Å². The van der Waals surface area contributed by atoms with Crippen molar-refractivity contribution < 1.29 is 5.11 Å². The number of benzene rings is 1. The van der Waals surface area contributed by atoms with Gasteiger partial charge in [0.2, 0.25) is 0 Å². The molecule has 16 heavy (non-hydrogen) atoms. The Morgan fingerprint density at radius 3 is 2.81 bits per heavy atom. The van der Waals surface area contributed by atoms with Crippen LogP contribution in [0.3, 0.4) is 0 Å². The average molecular weight is 227 g/mol. The minimum absolute atomic E-state index is 0.307.